The van der Waals surface area contributed by atoms with Crippen LogP contribution in [0.15, 0.2) is 54.7 Å². The fraction of sp³-hybridized carbons (Fsp3) is 0.0952. The highest BCUT2D eigenvalue weighted by molar-refractivity contribution is 6.29. The molecule has 0 saturated carbocycles. The zero-order chi connectivity index (χ0) is 20.4. The molecular weight excluding hydrogens is 392 g/mol. The lowest BCUT2D eigenvalue weighted by Crippen LogP contribution is -2.11. The van der Waals surface area contributed by atoms with Crippen LogP contribution in [0.3, 0.4) is 0 Å². The third-order valence-corrected chi connectivity index (χ3v) is 4.66. The minimum absolute atomic E-state index is 0.134. The van der Waals surface area contributed by atoms with Gasteiger partial charge < -0.3 is 20.7 Å². The Hall–Kier alpha value is -3.58. The molecule has 0 unspecified atom stereocenters. The monoisotopic (exact) mass is 408 g/mol. The average molecular weight is 409 g/mol. The van der Waals surface area contributed by atoms with E-state index in [1.807, 2.05) is 24.3 Å². The smallest absolute Gasteiger partial charge is 0.309 e. The number of halogens is 1. The number of carbonyl (C=O) groups excluding carboxylic acids is 2. The first-order chi connectivity index (χ1) is 14.0. The van der Waals surface area contributed by atoms with Crippen molar-refractivity contribution >= 4 is 51.9 Å². The van der Waals surface area contributed by atoms with E-state index >= 15 is 0 Å². The van der Waals surface area contributed by atoms with Gasteiger partial charge in [0.15, 0.2) is 0 Å². The number of fused-ring (bicyclic) bond motifs is 2. The molecular formula is C21H17ClN4O3. The standard InChI is InChI=1S/C21H17ClN4O3/c1-29-20(27)9-12-2-5-16-18(8-12)26-21(28)15-4-3-13(10-17(15)25-16)24-14-6-7-23-19(22)11-14/h2-8,10-11,25H,9H2,1H3,(H,23,24)(H,26,28). The van der Waals surface area contributed by atoms with Gasteiger partial charge in [-0.2, -0.15) is 0 Å². The van der Waals surface area contributed by atoms with Crippen LogP contribution in [-0.4, -0.2) is 24.0 Å². The van der Waals surface area contributed by atoms with Crippen LogP contribution < -0.4 is 16.0 Å². The topological polar surface area (TPSA) is 92.3 Å². The molecule has 146 valence electrons. The maximum Gasteiger partial charge on any atom is 0.309 e. The van der Waals surface area contributed by atoms with Crippen LogP contribution in [0.5, 0.6) is 0 Å². The third kappa shape index (κ3) is 4.14. The molecule has 0 spiro atoms. The molecule has 0 saturated heterocycles. The van der Waals surface area contributed by atoms with E-state index in [-0.39, 0.29) is 18.3 Å². The highest BCUT2D eigenvalue weighted by Gasteiger charge is 2.20. The number of pyridine rings is 1. The number of nitrogens with zero attached hydrogens (tertiary/aromatic N) is 1. The van der Waals surface area contributed by atoms with E-state index in [0.717, 1.165) is 22.6 Å². The van der Waals surface area contributed by atoms with Gasteiger partial charge in [0.05, 0.1) is 36.2 Å². The van der Waals surface area contributed by atoms with Gasteiger partial charge in [-0.15, -0.1) is 0 Å². The van der Waals surface area contributed by atoms with Crippen LogP contribution in [0, 0.1) is 0 Å². The Balaban J connectivity index is 1.63. The summed E-state index contributed by atoms with van der Waals surface area (Å²) in [4.78, 5) is 28.2. The molecule has 8 heteroatoms. The van der Waals surface area contributed by atoms with E-state index in [2.05, 4.69) is 20.9 Å². The molecule has 7 nitrogen and oxygen atoms in total. The molecule has 2 heterocycles. The summed E-state index contributed by atoms with van der Waals surface area (Å²) in [6.07, 6.45) is 1.75. The minimum atomic E-state index is -0.340. The van der Waals surface area contributed by atoms with Crippen molar-refractivity contribution in [1.29, 1.82) is 0 Å². The molecule has 0 radical (unpaired) electrons. The fourth-order valence-electron chi connectivity index (χ4n) is 3.06. The van der Waals surface area contributed by atoms with Gasteiger partial charge in [-0.25, -0.2) is 4.98 Å². The summed E-state index contributed by atoms with van der Waals surface area (Å²) in [5.74, 6) is -0.576. The molecule has 29 heavy (non-hydrogen) atoms. The number of anilines is 5. The molecule has 4 rings (SSSR count). The van der Waals surface area contributed by atoms with Crippen molar-refractivity contribution in [2.75, 3.05) is 23.1 Å². The van der Waals surface area contributed by atoms with Gasteiger partial charge in [0.2, 0.25) is 0 Å². The van der Waals surface area contributed by atoms with Gasteiger partial charge in [-0.1, -0.05) is 17.7 Å². The van der Waals surface area contributed by atoms with Crippen LogP contribution >= 0.6 is 11.6 Å². The Morgan fingerprint density at radius 2 is 1.86 bits per heavy atom. The minimum Gasteiger partial charge on any atom is -0.469 e. The quantitative estimate of drug-likeness (QED) is 0.434. The number of nitrogens with one attached hydrogen (secondary N) is 3. The number of benzene rings is 2. The van der Waals surface area contributed by atoms with Crippen LogP contribution in [0.2, 0.25) is 5.15 Å². The van der Waals surface area contributed by atoms with Crippen LogP contribution in [0.25, 0.3) is 0 Å². The van der Waals surface area contributed by atoms with Crippen molar-refractivity contribution < 1.29 is 14.3 Å². The average Bonchev–Trinajstić information content (AvgIpc) is 2.83. The van der Waals surface area contributed by atoms with Crippen molar-refractivity contribution in [3.05, 3.63) is 71.0 Å². The Labute approximate surface area is 172 Å². The van der Waals surface area contributed by atoms with Gasteiger partial charge in [-0.05, 0) is 48.0 Å². The summed E-state index contributed by atoms with van der Waals surface area (Å²) < 4.78 is 4.70. The van der Waals surface area contributed by atoms with E-state index < -0.39 is 0 Å². The Kier molecular flexibility index (Phi) is 5.05. The summed E-state index contributed by atoms with van der Waals surface area (Å²) in [6.45, 7) is 0. The maximum absolute atomic E-state index is 12.7. The normalized spacial score (nSPS) is 12.0. The van der Waals surface area contributed by atoms with Gasteiger partial charge in [0.1, 0.15) is 5.15 Å². The third-order valence-electron chi connectivity index (χ3n) is 4.46. The number of rotatable bonds is 4. The zero-order valence-electron chi connectivity index (χ0n) is 15.5. The summed E-state index contributed by atoms with van der Waals surface area (Å²) in [5, 5.41) is 9.81. The first kappa shape index (κ1) is 18.8. The first-order valence-corrected chi connectivity index (χ1v) is 9.20. The molecule has 0 aliphatic carbocycles. The molecule has 1 aliphatic rings. The highest BCUT2D eigenvalue weighted by atomic mass is 35.5. The summed E-state index contributed by atoms with van der Waals surface area (Å²) >= 11 is 5.93. The van der Waals surface area contributed by atoms with E-state index in [0.29, 0.717) is 22.1 Å². The van der Waals surface area contributed by atoms with Crippen LogP contribution in [0.4, 0.5) is 28.4 Å². The largest absolute Gasteiger partial charge is 0.469 e. The molecule has 3 N–H and O–H groups in total. The Morgan fingerprint density at radius 3 is 2.66 bits per heavy atom. The van der Waals surface area contributed by atoms with Crippen molar-refractivity contribution in [2.45, 2.75) is 6.42 Å². The second-order valence-corrected chi connectivity index (χ2v) is 6.85. The Bertz CT molecular complexity index is 1120. The van der Waals surface area contributed by atoms with E-state index in [1.165, 1.54) is 7.11 Å². The Morgan fingerprint density at radius 1 is 1.03 bits per heavy atom. The maximum atomic E-state index is 12.7. The van der Waals surface area contributed by atoms with Gasteiger partial charge in [0.25, 0.3) is 5.91 Å². The number of esters is 1. The predicted molar refractivity (Wildman–Crippen MR) is 112 cm³/mol. The lowest BCUT2D eigenvalue weighted by Gasteiger charge is -2.12. The number of ether oxygens (including phenoxy) is 1. The lowest BCUT2D eigenvalue weighted by molar-refractivity contribution is -0.139. The van der Waals surface area contributed by atoms with Crippen molar-refractivity contribution in [3.63, 3.8) is 0 Å². The van der Waals surface area contributed by atoms with Gasteiger partial charge in [-0.3, -0.25) is 9.59 Å². The lowest BCUT2D eigenvalue weighted by atomic mass is 10.1. The molecule has 2 aromatic carbocycles. The molecule has 1 amide bonds. The number of carbonyl (C=O) groups is 2. The highest BCUT2D eigenvalue weighted by Crippen LogP contribution is 2.34. The molecule has 3 aromatic rings. The molecule has 1 aromatic heterocycles. The molecule has 0 atom stereocenters. The SMILES string of the molecule is COC(=O)Cc1ccc2c(c1)NC(=O)c1ccc(Nc3ccnc(Cl)c3)cc1N2. The van der Waals surface area contributed by atoms with E-state index in [1.54, 1.807) is 30.5 Å². The van der Waals surface area contributed by atoms with E-state index in [4.69, 9.17) is 16.3 Å². The molecule has 0 bridgehead atoms. The number of hydrogen-bond acceptors (Lipinski definition) is 6. The molecule has 1 aliphatic heterocycles. The zero-order valence-corrected chi connectivity index (χ0v) is 16.2. The summed E-state index contributed by atoms with van der Waals surface area (Å²) in [5.41, 5.74) is 4.83. The van der Waals surface area contributed by atoms with Gasteiger partial charge in [0, 0.05) is 17.6 Å². The summed E-state index contributed by atoms with van der Waals surface area (Å²) in [7, 11) is 1.34. The van der Waals surface area contributed by atoms with Crippen LogP contribution in [0.1, 0.15) is 15.9 Å². The van der Waals surface area contributed by atoms with Crippen molar-refractivity contribution in [3.8, 4) is 0 Å². The van der Waals surface area contributed by atoms with E-state index in [9.17, 15) is 9.59 Å². The summed E-state index contributed by atoms with van der Waals surface area (Å²) in [6, 6.07) is 14.3. The second-order valence-electron chi connectivity index (χ2n) is 6.46. The molecule has 0 fully saturated rings. The van der Waals surface area contributed by atoms with Crippen molar-refractivity contribution in [1.82, 2.24) is 4.98 Å². The fourth-order valence-corrected chi connectivity index (χ4v) is 3.23. The van der Waals surface area contributed by atoms with Crippen molar-refractivity contribution in [2.24, 2.45) is 0 Å². The van der Waals surface area contributed by atoms with Crippen LogP contribution in [-0.2, 0) is 16.0 Å². The number of hydrogen-bond donors (Lipinski definition) is 3. The van der Waals surface area contributed by atoms with Gasteiger partial charge >= 0.3 is 5.97 Å². The number of amides is 1. The number of aromatic nitrogens is 1. The predicted octanol–water partition coefficient (Wildman–Crippen LogP) is 4.50. The first-order valence-electron chi connectivity index (χ1n) is 8.82. The number of methoxy groups -OCH3 is 1. The second kappa shape index (κ2) is 7.81.